The normalized spacial score (nSPS) is 19.8. The fourth-order valence-electron chi connectivity index (χ4n) is 2.59. The summed E-state index contributed by atoms with van der Waals surface area (Å²) in [5.74, 6) is -1.47. The molecular formula is C15H10ClF3N4O. The Bertz CT molecular complexity index is 996. The van der Waals surface area contributed by atoms with Crippen molar-refractivity contribution in [2.75, 3.05) is 0 Å². The Kier molecular flexibility index (Phi) is 3.38. The van der Waals surface area contributed by atoms with Crippen LogP contribution in [0.2, 0.25) is 5.15 Å². The van der Waals surface area contributed by atoms with Gasteiger partial charge in [-0.1, -0.05) is 17.7 Å². The van der Waals surface area contributed by atoms with Crippen LogP contribution in [0, 0.1) is 11.6 Å². The van der Waals surface area contributed by atoms with Crippen molar-refractivity contribution in [1.82, 2.24) is 19.6 Å². The van der Waals surface area contributed by atoms with Gasteiger partial charge in [-0.15, -0.1) is 0 Å². The number of fused-ring (bicyclic) bond motifs is 1. The second kappa shape index (κ2) is 5.34. The SMILES string of the molecule is O=c1c2nn(Cc3c(F)cccc3F)c(Cl)c2cnn1[C@H]1C[C@@H]1F. The standard InChI is InChI=1S/C15H10ClF3N4O/c16-14-7-5-20-23(12-4-11(12)19)15(24)13(7)21-22(14)6-8-9(17)2-1-3-10(8)18/h1-3,5,11-12H,4,6H2/t11-,12-/m0/s1. The van der Waals surface area contributed by atoms with Crippen LogP contribution in [-0.4, -0.2) is 25.7 Å². The third kappa shape index (κ3) is 2.29. The molecule has 0 aliphatic heterocycles. The molecule has 4 rings (SSSR count). The van der Waals surface area contributed by atoms with E-state index in [2.05, 4.69) is 10.2 Å². The van der Waals surface area contributed by atoms with Crippen molar-refractivity contribution < 1.29 is 13.2 Å². The Labute approximate surface area is 138 Å². The van der Waals surface area contributed by atoms with Crippen molar-refractivity contribution in [2.45, 2.75) is 25.2 Å². The molecule has 1 aromatic carbocycles. The van der Waals surface area contributed by atoms with Crippen molar-refractivity contribution >= 4 is 22.5 Å². The molecule has 0 saturated heterocycles. The fraction of sp³-hybridized carbons (Fsp3) is 0.267. The second-order valence-corrected chi connectivity index (χ2v) is 5.98. The van der Waals surface area contributed by atoms with Crippen molar-refractivity contribution in [2.24, 2.45) is 0 Å². The maximum Gasteiger partial charge on any atom is 0.295 e. The first-order valence-corrected chi connectivity index (χ1v) is 7.56. The van der Waals surface area contributed by atoms with Crippen molar-refractivity contribution in [1.29, 1.82) is 0 Å². The summed E-state index contributed by atoms with van der Waals surface area (Å²) in [6, 6.07) is 2.91. The van der Waals surface area contributed by atoms with Crippen LogP contribution in [0.1, 0.15) is 18.0 Å². The molecule has 9 heteroatoms. The monoisotopic (exact) mass is 354 g/mol. The van der Waals surface area contributed by atoms with Gasteiger partial charge < -0.3 is 0 Å². The molecule has 24 heavy (non-hydrogen) atoms. The zero-order chi connectivity index (χ0) is 17.0. The Morgan fingerprint density at radius 2 is 1.96 bits per heavy atom. The number of halogens is 4. The van der Waals surface area contributed by atoms with Gasteiger partial charge in [0.05, 0.1) is 24.2 Å². The van der Waals surface area contributed by atoms with E-state index in [4.69, 9.17) is 11.6 Å². The predicted octanol–water partition coefficient (Wildman–Crippen LogP) is 2.86. The van der Waals surface area contributed by atoms with Crippen molar-refractivity contribution in [3.8, 4) is 0 Å². The molecule has 0 bridgehead atoms. The van der Waals surface area contributed by atoms with Gasteiger partial charge in [0.25, 0.3) is 5.56 Å². The highest BCUT2D eigenvalue weighted by Crippen LogP contribution is 2.37. The second-order valence-electron chi connectivity index (χ2n) is 5.62. The van der Waals surface area contributed by atoms with Gasteiger partial charge >= 0.3 is 0 Å². The molecule has 2 aromatic heterocycles. The fourth-order valence-corrected chi connectivity index (χ4v) is 2.82. The number of aromatic nitrogens is 4. The Hall–Kier alpha value is -2.35. The third-order valence-corrected chi connectivity index (χ3v) is 4.41. The average molecular weight is 355 g/mol. The Morgan fingerprint density at radius 1 is 1.29 bits per heavy atom. The maximum atomic E-state index is 13.8. The number of hydrogen-bond donors (Lipinski definition) is 0. The third-order valence-electron chi connectivity index (χ3n) is 4.01. The van der Waals surface area contributed by atoms with E-state index >= 15 is 0 Å². The molecule has 5 nitrogen and oxygen atoms in total. The molecule has 1 saturated carbocycles. The smallest absolute Gasteiger partial charge is 0.265 e. The van der Waals surface area contributed by atoms with E-state index in [1.165, 1.54) is 12.3 Å². The van der Waals surface area contributed by atoms with E-state index in [0.29, 0.717) is 0 Å². The molecule has 3 aromatic rings. The van der Waals surface area contributed by atoms with Gasteiger partial charge in [-0.3, -0.25) is 4.79 Å². The lowest BCUT2D eigenvalue weighted by Gasteiger charge is -2.05. The summed E-state index contributed by atoms with van der Waals surface area (Å²) in [6.07, 6.45) is 0.441. The zero-order valence-electron chi connectivity index (χ0n) is 12.1. The lowest BCUT2D eigenvalue weighted by molar-refractivity contribution is 0.423. The molecule has 1 aliphatic rings. The minimum Gasteiger partial charge on any atom is -0.265 e. The molecule has 1 aliphatic carbocycles. The maximum absolute atomic E-state index is 13.8. The van der Waals surface area contributed by atoms with Crippen LogP contribution >= 0.6 is 11.6 Å². The molecule has 0 radical (unpaired) electrons. The minimum atomic E-state index is -1.10. The molecule has 2 atom stereocenters. The van der Waals surface area contributed by atoms with Crippen LogP contribution in [-0.2, 0) is 6.54 Å². The number of alkyl halides is 1. The average Bonchev–Trinajstić information content (AvgIpc) is 3.17. The van der Waals surface area contributed by atoms with Crippen LogP contribution in [0.25, 0.3) is 10.9 Å². The molecule has 0 N–H and O–H groups in total. The summed E-state index contributed by atoms with van der Waals surface area (Å²) in [7, 11) is 0. The van der Waals surface area contributed by atoms with E-state index in [1.54, 1.807) is 0 Å². The molecule has 1 fully saturated rings. The zero-order valence-corrected chi connectivity index (χ0v) is 12.8. The summed E-state index contributed by atoms with van der Waals surface area (Å²) in [5.41, 5.74) is -0.801. The van der Waals surface area contributed by atoms with E-state index in [1.807, 2.05) is 0 Å². The number of benzene rings is 1. The summed E-state index contributed by atoms with van der Waals surface area (Å²) in [4.78, 5) is 12.4. The largest absolute Gasteiger partial charge is 0.295 e. The molecule has 0 amide bonds. The van der Waals surface area contributed by atoms with E-state index in [0.717, 1.165) is 21.5 Å². The van der Waals surface area contributed by atoms with E-state index in [9.17, 15) is 18.0 Å². The summed E-state index contributed by atoms with van der Waals surface area (Å²) >= 11 is 6.15. The number of nitrogens with zero attached hydrogens (tertiary/aromatic N) is 4. The van der Waals surface area contributed by atoms with Crippen LogP contribution in [0.4, 0.5) is 13.2 Å². The topological polar surface area (TPSA) is 52.7 Å². The van der Waals surface area contributed by atoms with Gasteiger partial charge in [0.1, 0.15) is 23.0 Å². The Balaban J connectivity index is 1.81. The lowest BCUT2D eigenvalue weighted by Crippen LogP contribution is -2.22. The summed E-state index contributed by atoms with van der Waals surface area (Å²) in [5, 5.41) is 8.25. The van der Waals surface area contributed by atoms with E-state index < -0.39 is 29.4 Å². The number of rotatable bonds is 3. The first-order valence-electron chi connectivity index (χ1n) is 7.18. The predicted molar refractivity (Wildman–Crippen MR) is 80.8 cm³/mol. The van der Waals surface area contributed by atoms with E-state index in [-0.39, 0.29) is 34.6 Å². The van der Waals surface area contributed by atoms with Gasteiger partial charge in [-0.2, -0.15) is 10.2 Å². The molecule has 2 heterocycles. The van der Waals surface area contributed by atoms with Crippen LogP contribution in [0.3, 0.4) is 0 Å². The lowest BCUT2D eigenvalue weighted by atomic mass is 10.2. The van der Waals surface area contributed by atoms with Gasteiger partial charge in [-0.25, -0.2) is 22.5 Å². The highest BCUT2D eigenvalue weighted by molar-refractivity contribution is 6.34. The Morgan fingerprint density at radius 3 is 2.58 bits per heavy atom. The molecular weight excluding hydrogens is 345 g/mol. The van der Waals surface area contributed by atoms with Gasteiger partial charge in [-0.05, 0) is 12.1 Å². The first kappa shape index (κ1) is 15.2. The van der Waals surface area contributed by atoms with Gasteiger partial charge in [0.15, 0.2) is 5.52 Å². The quantitative estimate of drug-likeness (QED) is 0.726. The molecule has 0 spiro atoms. The van der Waals surface area contributed by atoms with Gasteiger partial charge in [0, 0.05) is 12.0 Å². The minimum absolute atomic E-state index is 0.00847. The molecule has 124 valence electrons. The van der Waals surface area contributed by atoms with Crippen molar-refractivity contribution in [3.05, 3.63) is 57.1 Å². The van der Waals surface area contributed by atoms with Crippen LogP contribution < -0.4 is 5.56 Å². The number of hydrogen-bond acceptors (Lipinski definition) is 3. The van der Waals surface area contributed by atoms with Crippen molar-refractivity contribution in [3.63, 3.8) is 0 Å². The van der Waals surface area contributed by atoms with Crippen LogP contribution in [0.5, 0.6) is 0 Å². The summed E-state index contributed by atoms with van der Waals surface area (Å²) < 4.78 is 42.9. The highest BCUT2D eigenvalue weighted by atomic mass is 35.5. The van der Waals surface area contributed by atoms with Crippen LogP contribution in [0.15, 0.2) is 29.2 Å². The summed E-state index contributed by atoms with van der Waals surface area (Å²) in [6.45, 7) is -0.277. The molecule has 0 unspecified atom stereocenters. The first-order chi connectivity index (χ1) is 11.5. The highest BCUT2D eigenvalue weighted by Gasteiger charge is 2.41. The van der Waals surface area contributed by atoms with Gasteiger partial charge in [0.2, 0.25) is 0 Å².